The first-order chi connectivity index (χ1) is 49.4. The lowest BCUT2D eigenvalue weighted by Gasteiger charge is -2.21. The molecule has 0 spiro atoms. The Morgan fingerprint density at radius 1 is 0.265 bits per heavy atom. The first-order valence-corrected chi connectivity index (χ1v) is 46.0. The van der Waals surface area contributed by atoms with Gasteiger partial charge >= 0.3 is 39.5 Å². The second kappa shape index (κ2) is 74.5. The number of phosphoric acid groups is 2. The van der Waals surface area contributed by atoms with E-state index in [9.17, 15) is 43.2 Å². The van der Waals surface area contributed by atoms with Crippen molar-refractivity contribution in [3.05, 3.63) is 0 Å². The Labute approximate surface area is 626 Å². The molecule has 606 valence electrons. The lowest BCUT2D eigenvalue weighted by atomic mass is 10.0. The van der Waals surface area contributed by atoms with E-state index in [0.29, 0.717) is 31.6 Å². The molecule has 5 atom stereocenters. The average molecular weight is 1490 g/mol. The first kappa shape index (κ1) is 100. The normalized spacial score (nSPS) is 13.9. The lowest BCUT2D eigenvalue weighted by molar-refractivity contribution is -0.161. The summed E-state index contributed by atoms with van der Waals surface area (Å²) in [5.41, 5.74) is 0. The SMILES string of the molecule is CCCCCCCCCCCCCCCCCCCCCCCCC(=O)O[C@H](COC(=O)CCCCCCCCCCCCCCCCCCCC)COP(=O)(O)OC[C@@H](O)COP(=O)(O)OC[C@@H](COC(=O)CCCCCCCCC(C)C)OC(=O)CCCCCCCCCCCCC(C)C. The molecular formula is C83H162O17P2. The Hall–Kier alpha value is -1.94. The Bertz CT molecular complexity index is 1960. The number of rotatable bonds is 82. The summed E-state index contributed by atoms with van der Waals surface area (Å²) in [5.74, 6) is -0.679. The third-order valence-corrected chi connectivity index (χ3v) is 21.4. The van der Waals surface area contributed by atoms with Crippen LogP contribution in [-0.4, -0.2) is 96.7 Å². The zero-order valence-electron chi connectivity index (χ0n) is 66.9. The van der Waals surface area contributed by atoms with Gasteiger partial charge in [-0.25, -0.2) is 9.13 Å². The standard InChI is InChI=1S/C83H162O17P2/c1-7-9-11-13-15-17-19-21-23-25-27-28-29-30-32-34-36-38-43-47-55-61-67-82(87)99-78(71-93-80(85)65-59-53-46-42-37-35-33-31-26-24-22-20-18-16-14-12-10-8-2)73-97-101(89,90)95-69-77(84)70-96-102(91,92)98-74-79(72-94-81(86)66-60-54-50-49-52-58-64-76(5)6)100-83(88)68-62-56-48-44-40-39-41-45-51-57-63-75(3)4/h75-79,84H,7-74H2,1-6H3,(H,89,90)(H,91,92)/t77-,78-,79-/m1/s1. The van der Waals surface area contributed by atoms with Crippen LogP contribution in [0, 0.1) is 11.8 Å². The number of ether oxygens (including phenoxy) is 4. The molecule has 0 aromatic rings. The highest BCUT2D eigenvalue weighted by molar-refractivity contribution is 7.47. The molecule has 0 rings (SSSR count). The molecule has 0 radical (unpaired) electrons. The summed E-state index contributed by atoms with van der Waals surface area (Å²) < 4.78 is 68.7. The van der Waals surface area contributed by atoms with Crippen LogP contribution in [0.4, 0.5) is 0 Å². The van der Waals surface area contributed by atoms with E-state index >= 15 is 0 Å². The minimum Gasteiger partial charge on any atom is -0.462 e. The predicted octanol–water partition coefficient (Wildman–Crippen LogP) is 25.1. The Balaban J connectivity index is 5.19. The van der Waals surface area contributed by atoms with Crippen LogP contribution in [0.2, 0.25) is 0 Å². The molecule has 0 bridgehead atoms. The zero-order chi connectivity index (χ0) is 74.9. The number of esters is 4. The number of hydrogen-bond donors (Lipinski definition) is 3. The molecule has 2 unspecified atom stereocenters. The van der Waals surface area contributed by atoms with Gasteiger partial charge in [0.1, 0.15) is 19.3 Å². The van der Waals surface area contributed by atoms with Gasteiger partial charge in [-0.3, -0.25) is 37.3 Å². The maximum absolute atomic E-state index is 13.1. The second-order valence-electron chi connectivity index (χ2n) is 30.8. The van der Waals surface area contributed by atoms with Gasteiger partial charge in [0, 0.05) is 25.7 Å². The smallest absolute Gasteiger partial charge is 0.462 e. The highest BCUT2D eigenvalue weighted by atomic mass is 31.2. The number of unbranched alkanes of at least 4 members (excludes halogenated alkanes) is 52. The van der Waals surface area contributed by atoms with Crippen LogP contribution in [0.5, 0.6) is 0 Å². The number of aliphatic hydroxyl groups is 1. The van der Waals surface area contributed by atoms with Gasteiger partial charge in [0.15, 0.2) is 12.2 Å². The molecule has 102 heavy (non-hydrogen) atoms. The fraction of sp³-hybridized carbons (Fsp3) is 0.952. The van der Waals surface area contributed by atoms with Crippen LogP contribution in [0.15, 0.2) is 0 Å². The molecule has 19 heteroatoms. The summed E-state index contributed by atoms with van der Waals surface area (Å²) >= 11 is 0. The molecule has 0 aromatic carbocycles. The number of carbonyl (C=O) groups is 4. The van der Waals surface area contributed by atoms with Crippen molar-refractivity contribution in [3.63, 3.8) is 0 Å². The van der Waals surface area contributed by atoms with Gasteiger partial charge < -0.3 is 33.8 Å². The van der Waals surface area contributed by atoms with Crippen LogP contribution >= 0.6 is 15.6 Å². The molecule has 17 nitrogen and oxygen atoms in total. The molecule has 0 aliphatic rings. The van der Waals surface area contributed by atoms with Crippen molar-refractivity contribution in [3.8, 4) is 0 Å². The van der Waals surface area contributed by atoms with E-state index in [2.05, 4.69) is 41.5 Å². The second-order valence-corrected chi connectivity index (χ2v) is 33.7. The van der Waals surface area contributed by atoms with Gasteiger partial charge in [-0.2, -0.15) is 0 Å². The number of phosphoric ester groups is 2. The maximum atomic E-state index is 13.1. The van der Waals surface area contributed by atoms with Gasteiger partial charge in [-0.15, -0.1) is 0 Å². The van der Waals surface area contributed by atoms with Crippen molar-refractivity contribution >= 4 is 39.5 Å². The van der Waals surface area contributed by atoms with Crippen molar-refractivity contribution in [2.75, 3.05) is 39.6 Å². The number of carbonyl (C=O) groups excluding carboxylic acids is 4. The highest BCUT2D eigenvalue weighted by Crippen LogP contribution is 2.45. The molecule has 0 aromatic heterocycles. The monoisotopic (exact) mass is 1490 g/mol. The quantitative estimate of drug-likeness (QED) is 0.0222. The molecule has 3 N–H and O–H groups in total. The van der Waals surface area contributed by atoms with E-state index in [1.54, 1.807) is 0 Å². The predicted molar refractivity (Wildman–Crippen MR) is 418 cm³/mol. The van der Waals surface area contributed by atoms with Crippen molar-refractivity contribution in [1.82, 2.24) is 0 Å². The maximum Gasteiger partial charge on any atom is 0.472 e. The summed E-state index contributed by atoms with van der Waals surface area (Å²) in [6.07, 6.45) is 65.6. The van der Waals surface area contributed by atoms with E-state index in [1.165, 1.54) is 250 Å². The van der Waals surface area contributed by atoms with Crippen LogP contribution < -0.4 is 0 Å². The van der Waals surface area contributed by atoms with Crippen molar-refractivity contribution < 1.29 is 80.2 Å². The van der Waals surface area contributed by atoms with E-state index < -0.39 is 97.5 Å². The Kier molecular flexibility index (Phi) is 73.1. The fourth-order valence-electron chi connectivity index (χ4n) is 12.9. The van der Waals surface area contributed by atoms with Crippen LogP contribution in [0.25, 0.3) is 0 Å². The van der Waals surface area contributed by atoms with E-state index in [-0.39, 0.29) is 25.7 Å². The molecule has 0 fully saturated rings. The lowest BCUT2D eigenvalue weighted by Crippen LogP contribution is -2.30. The van der Waals surface area contributed by atoms with Crippen LogP contribution in [-0.2, 0) is 65.4 Å². The summed E-state index contributed by atoms with van der Waals surface area (Å²) in [6, 6.07) is 0. The largest absolute Gasteiger partial charge is 0.472 e. The van der Waals surface area contributed by atoms with E-state index in [0.717, 1.165) is 102 Å². The molecule has 0 amide bonds. The fourth-order valence-corrected chi connectivity index (χ4v) is 14.5. The molecule has 0 heterocycles. The van der Waals surface area contributed by atoms with Gasteiger partial charge in [0.05, 0.1) is 26.4 Å². The van der Waals surface area contributed by atoms with E-state index in [4.69, 9.17) is 37.0 Å². The third kappa shape index (κ3) is 76.3. The summed E-state index contributed by atoms with van der Waals surface area (Å²) in [4.78, 5) is 73.0. The number of hydrogen-bond acceptors (Lipinski definition) is 15. The van der Waals surface area contributed by atoms with Crippen LogP contribution in [0.1, 0.15) is 440 Å². The minimum atomic E-state index is -4.96. The van der Waals surface area contributed by atoms with Crippen molar-refractivity contribution in [1.29, 1.82) is 0 Å². The molecular weight excluding hydrogens is 1330 g/mol. The summed E-state index contributed by atoms with van der Waals surface area (Å²) in [6.45, 7) is 9.54. The zero-order valence-corrected chi connectivity index (χ0v) is 68.7. The van der Waals surface area contributed by atoms with Gasteiger partial charge in [0.25, 0.3) is 0 Å². The minimum absolute atomic E-state index is 0.105. The van der Waals surface area contributed by atoms with Crippen molar-refractivity contribution in [2.45, 2.75) is 458 Å². The molecule has 0 saturated carbocycles. The van der Waals surface area contributed by atoms with Gasteiger partial charge in [0.2, 0.25) is 0 Å². The summed E-state index contributed by atoms with van der Waals surface area (Å²) in [5, 5.41) is 10.6. The van der Waals surface area contributed by atoms with Crippen molar-refractivity contribution in [2.24, 2.45) is 11.8 Å². The highest BCUT2D eigenvalue weighted by Gasteiger charge is 2.30. The Morgan fingerprint density at radius 3 is 0.667 bits per heavy atom. The molecule has 0 aliphatic carbocycles. The van der Waals surface area contributed by atoms with Gasteiger partial charge in [-0.05, 0) is 37.5 Å². The average Bonchev–Trinajstić information content (AvgIpc) is 1.00. The first-order valence-electron chi connectivity index (χ1n) is 43.0. The van der Waals surface area contributed by atoms with Gasteiger partial charge in [-0.1, -0.05) is 388 Å². The Morgan fingerprint density at radius 2 is 0.451 bits per heavy atom. The third-order valence-electron chi connectivity index (χ3n) is 19.5. The molecule has 0 saturated heterocycles. The number of aliphatic hydroxyl groups excluding tert-OH is 1. The molecule has 0 aliphatic heterocycles. The topological polar surface area (TPSA) is 237 Å². The van der Waals surface area contributed by atoms with Crippen LogP contribution in [0.3, 0.4) is 0 Å². The summed E-state index contributed by atoms with van der Waals surface area (Å²) in [7, 11) is -9.92. The van der Waals surface area contributed by atoms with E-state index in [1.807, 2.05) is 0 Å².